The fourth-order valence-corrected chi connectivity index (χ4v) is 22.5. The summed E-state index contributed by atoms with van der Waals surface area (Å²) in [6.07, 6.45) is 0. The van der Waals surface area contributed by atoms with Crippen LogP contribution < -0.4 is 78.2 Å². The number of ether oxygens (including phenoxy) is 2. The van der Waals surface area contributed by atoms with Crippen molar-refractivity contribution in [1.82, 2.24) is 0 Å². The Hall–Kier alpha value is -15.8. The third-order valence-electron chi connectivity index (χ3n) is 29.0. The van der Waals surface area contributed by atoms with Gasteiger partial charge in [-0.05, 0) is 198 Å². The number of benzene rings is 19. The Labute approximate surface area is 793 Å². The van der Waals surface area contributed by atoms with Crippen molar-refractivity contribution in [2.75, 3.05) is 19.6 Å². The molecular weight excluding hydrogens is 1630 g/mol. The first-order valence-electron chi connectivity index (χ1n) is 47.5. The minimum atomic E-state index is -0.680. The van der Waals surface area contributed by atoms with Gasteiger partial charge in [-0.3, -0.25) is 0 Å². The van der Waals surface area contributed by atoms with Gasteiger partial charge in [-0.15, -0.1) is 0 Å². The highest BCUT2D eigenvalue weighted by Crippen LogP contribution is 2.59. The first kappa shape index (κ1) is 81.2. The van der Waals surface area contributed by atoms with Gasteiger partial charge in [-0.1, -0.05) is 426 Å². The zero-order valence-electron chi connectivity index (χ0n) is 77.3. The first-order valence-corrected chi connectivity index (χ1v) is 47.5. The van der Waals surface area contributed by atoms with Crippen molar-refractivity contribution in [3.8, 4) is 112 Å². The van der Waals surface area contributed by atoms with Crippen molar-refractivity contribution in [3.63, 3.8) is 0 Å². The van der Waals surface area contributed by atoms with Crippen LogP contribution in [0.25, 0.3) is 89.0 Å². The molecule has 19 aromatic carbocycles. The molecule has 25 rings (SSSR count). The Balaban J connectivity index is 0.920. The lowest BCUT2D eigenvalue weighted by Crippen LogP contribution is -2.67. The van der Waals surface area contributed by atoms with E-state index in [1.54, 1.807) is 0 Å². The van der Waals surface area contributed by atoms with Crippen LogP contribution in [0.4, 0.5) is 68.2 Å². The van der Waals surface area contributed by atoms with Gasteiger partial charge in [-0.2, -0.15) is 0 Å². The van der Waals surface area contributed by atoms with Crippen molar-refractivity contribution in [2.45, 2.75) is 78.6 Å². The quantitative estimate of drug-likeness (QED) is 0.113. The van der Waals surface area contributed by atoms with Gasteiger partial charge in [-0.25, -0.2) is 0 Å². The van der Waals surface area contributed by atoms with Crippen molar-refractivity contribution in [3.05, 3.63) is 441 Å². The lowest BCUT2D eigenvalue weighted by atomic mass is 9.28. The van der Waals surface area contributed by atoms with Gasteiger partial charge in [0.2, 0.25) is 0 Å². The smallest absolute Gasteiger partial charge is 0.261 e. The summed E-state index contributed by atoms with van der Waals surface area (Å²) in [5.41, 5.74) is 42.5. The molecule has 0 radical (unpaired) electrons. The van der Waals surface area contributed by atoms with E-state index in [1.165, 1.54) is 22.1 Å². The average Bonchev–Trinajstić information content (AvgIpc) is 0.661. The van der Waals surface area contributed by atoms with Crippen LogP contribution in [0.15, 0.2) is 425 Å². The largest absolute Gasteiger partial charge is 0.459 e. The maximum atomic E-state index is 8.82. The van der Waals surface area contributed by atoms with E-state index < -0.39 is 12.1 Å². The second-order valence-electron chi connectivity index (χ2n) is 40.1. The van der Waals surface area contributed by atoms with E-state index in [0.29, 0.717) is 0 Å². The zero-order valence-corrected chi connectivity index (χ0v) is 77.3. The third-order valence-corrected chi connectivity index (χ3v) is 29.0. The Morgan fingerprint density at radius 2 is 0.452 bits per heavy atom. The summed E-state index contributed by atoms with van der Waals surface area (Å²) in [5, 5.41) is 0. The molecule has 0 bridgehead atoms. The molecule has 0 aliphatic carbocycles. The highest BCUT2D eigenvalue weighted by atomic mass is 16.5. The molecule has 0 saturated heterocycles. The molecule has 6 aliphatic heterocycles. The number of hydrogen-bond donors (Lipinski definition) is 0. The topological polar surface area (TPSA) is 31.4 Å². The van der Waals surface area contributed by atoms with Gasteiger partial charge in [0, 0.05) is 78.9 Å². The van der Waals surface area contributed by atoms with Crippen LogP contribution in [0.5, 0.6) is 23.0 Å². The van der Waals surface area contributed by atoms with Gasteiger partial charge < -0.3 is 29.1 Å². The van der Waals surface area contributed by atoms with Crippen LogP contribution in [0.3, 0.4) is 0 Å². The lowest BCUT2D eigenvalue weighted by Gasteiger charge is -2.50. The summed E-state index contributed by atoms with van der Waals surface area (Å²) in [6, 6.07) is 160. The normalized spacial score (nSPS) is 13.4. The summed E-state index contributed by atoms with van der Waals surface area (Å²) in [5.74, 6) is 3.28. The van der Waals surface area contributed by atoms with E-state index >= 15 is 0 Å². The van der Waals surface area contributed by atoms with Crippen LogP contribution in [0.1, 0.15) is 79.0 Å². The molecule has 6 nitrogen and oxygen atoms in total. The highest BCUT2D eigenvalue weighted by molar-refractivity contribution is 7.05. The van der Waals surface area contributed by atoms with Crippen molar-refractivity contribution in [1.29, 1.82) is 0 Å². The molecular formula is C126H97B3N4O2. The molecule has 0 aromatic heterocycles. The van der Waals surface area contributed by atoms with Crippen LogP contribution in [-0.4, -0.2) is 20.1 Å². The molecule has 6 aliphatic rings. The number of rotatable bonds is 12. The molecule has 0 N–H and O–H groups in total. The van der Waals surface area contributed by atoms with E-state index in [1.807, 2.05) is 0 Å². The van der Waals surface area contributed by atoms with E-state index in [0.717, 1.165) is 224 Å². The van der Waals surface area contributed by atoms with E-state index in [9.17, 15) is 0 Å². The second kappa shape index (κ2) is 31.4. The summed E-state index contributed by atoms with van der Waals surface area (Å²) >= 11 is 0. The van der Waals surface area contributed by atoms with Gasteiger partial charge >= 0.3 is 0 Å². The van der Waals surface area contributed by atoms with E-state index in [2.05, 4.69) is 507 Å². The Bertz CT molecular complexity index is 7420. The SMILES string of the molecule is CC(C)(C)c1ccc2c(c1)Oc1c3c(cc4c1B1c5c(cc(C(C)(C)C)cc5N(c5c(-c6ccccc6)cccc5-c5ccccc5)c5cc6c7c(c51)Oc1cc(C(C)(C)C)ccc1B7c1cc(-c5ccccc5)ccc1N6c1ccccc1-c1ccccc1)N4c1c(-c4ccccc4)cccc1-c1ccccc1)N(c1ccccc1-c1ccccc1)c1ccc(-c4ccccc4)cc1B23. The summed E-state index contributed by atoms with van der Waals surface area (Å²) in [7, 11) is 0. The fourth-order valence-electron chi connectivity index (χ4n) is 22.5. The predicted molar refractivity (Wildman–Crippen MR) is 572 cm³/mol. The second-order valence-corrected chi connectivity index (χ2v) is 40.1. The van der Waals surface area contributed by atoms with Gasteiger partial charge in [0.25, 0.3) is 20.1 Å². The molecule has 0 fully saturated rings. The minimum Gasteiger partial charge on any atom is -0.459 e. The molecule has 0 atom stereocenters. The first-order chi connectivity index (χ1) is 65.9. The van der Waals surface area contributed by atoms with Crippen molar-refractivity contribution >= 4 is 138 Å². The molecule has 9 heteroatoms. The number of hydrogen-bond acceptors (Lipinski definition) is 6. The van der Waals surface area contributed by atoms with Crippen LogP contribution >= 0.6 is 0 Å². The van der Waals surface area contributed by atoms with Gasteiger partial charge in [0.15, 0.2) is 0 Å². The van der Waals surface area contributed by atoms with Crippen molar-refractivity contribution in [2.24, 2.45) is 0 Å². The maximum Gasteiger partial charge on any atom is 0.261 e. The fraction of sp³-hybridized carbons (Fsp3) is 0.0952. The monoisotopic (exact) mass is 1730 g/mol. The molecule has 6 heterocycles. The predicted octanol–water partition coefficient (Wildman–Crippen LogP) is 27.8. The molecule has 642 valence electrons. The van der Waals surface area contributed by atoms with Crippen LogP contribution in [0.2, 0.25) is 0 Å². The highest BCUT2D eigenvalue weighted by Gasteiger charge is 2.56. The Morgan fingerprint density at radius 1 is 0.178 bits per heavy atom. The molecule has 0 unspecified atom stereocenters. The summed E-state index contributed by atoms with van der Waals surface area (Å²) in [4.78, 5) is 10.7. The van der Waals surface area contributed by atoms with Gasteiger partial charge in [0.1, 0.15) is 23.0 Å². The summed E-state index contributed by atoms with van der Waals surface area (Å²) in [6.45, 7) is 19.8. The average molecular weight is 1730 g/mol. The standard InChI is InChI=1S/C126H97B3N4O2/c1-124(2,3)90-66-68-99-113(76-90)134-122-116-109(130(103-62-36-34-56-93(103)82-44-22-12-23-45-82)105-70-64-88(72-101(105)127(99)116)80-40-18-10-19-41-80)78-111-118(122)129-115-107(132(111)120-95(84-48-26-14-27-49-84)58-38-59-96(120)85-50-28-15-29-51-85)74-92(126(7,8)9)75-108(115)133(121-97(86-52-30-16-31-53-86)60-39-61-98(121)87-54-32-17-33-55-87)112-79-110-117-123(119(112)129)135-114-77-91(125(4,5)6)67-69-100(114)128(117)102-73-89(81-42-20-11-21-43-81)65-71-106(102)131(110)104-63-37-35-57-94(104)83-46-24-13-25-47-83/h10-79H,1-9H3. The molecule has 19 aromatic rings. The molecule has 0 saturated carbocycles. The number of fused-ring (bicyclic) bond motifs is 14. The number of anilines is 12. The summed E-state index contributed by atoms with van der Waals surface area (Å²) < 4.78 is 17.6. The zero-order chi connectivity index (χ0) is 90.9. The van der Waals surface area contributed by atoms with Gasteiger partial charge in [0.05, 0.1) is 22.7 Å². The number of nitrogens with zero attached hydrogens (tertiary/aromatic N) is 4. The van der Waals surface area contributed by atoms with E-state index in [-0.39, 0.29) is 24.3 Å². The van der Waals surface area contributed by atoms with Crippen LogP contribution in [0, 0.1) is 0 Å². The third kappa shape index (κ3) is 13.2. The maximum absolute atomic E-state index is 8.82. The molecule has 0 spiro atoms. The van der Waals surface area contributed by atoms with Crippen LogP contribution in [-0.2, 0) is 16.2 Å². The lowest BCUT2D eigenvalue weighted by molar-refractivity contribution is 0.485. The Kier molecular flexibility index (Phi) is 18.9. The minimum absolute atomic E-state index is 0.275. The van der Waals surface area contributed by atoms with Crippen molar-refractivity contribution < 1.29 is 9.47 Å². The van der Waals surface area contributed by atoms with E-state index in [4.69, 9.17) is 9.47 Å². The molecule has 0 amide bonds. The number of para-hydroxylation sites is 4. The molecule has 135 heavy (non-hydrogen) atoms. The Morgan fingerprint density at radius 3 is 0.778 bits per heavy atom.